The zero-order valence-corrected chi connectivity index (χ0v) is 13.2. The number of nitrogens with zero attached hydrogens (tertiary/aromatic N) is 3. The van der Waals surface area contributed by atoms with E-state index in [9.17, 15) is 13.6 Å². The number of hydrogen-bond acceptors (Lipinski definition) is 4. The van der Waals surface area contributed by atoms with Crippen LogP contribution in [0.3, 0.4) is 0 Å². The van der Waals surface area contributed by atoms with Crippen molar-refractivity contribution in [3.05, 3.63) is 46.3 Å². The Morgan fingerprint density at radius 2 is 1.91 bits per heavy atom. The van der Waals surface area contributed by atoms with Gasteiger partial charge in [0, 0.05) is 4.91 Å². The minimum Gasteiger partial charge on any atom is -0.459 e. The SMILES string of the molecule is CC(C)(C)OC(=O)[C@@H](N=[N+]=[N-])C(F)(F)COCc1ccccc1. The van der Waals surface area contributed by atoms with Crippen molar-refractivity contribution in [1.29, 1.82) is 0 Å². The lowest BCUT2D eigenvalue weighted by Crippen LogP contribution is -2.45. The van der Waals surface area contributed by atoms with Gasteiger partial charge < -0.3 is 9.47 Å². The smallest absolute Gasteiger partial charge is 0.321 e. The van der Waals surface area contributed by atoms with E-state index in [4.69, 9.17) is 15.0 Å². The molecule has 23 heavy (non-hydrogen) atoms. The molecule has 1 rings (SSSR count). The van der Waals surface area contributed by atoms with Gasteiger partial charge in [-0.15, -0.1) is 0 Å². The van der Waals surface area contributed by atoms with Gasteiger partial charge in [0.1, 0.15) is 12.2 Å². The van der Waals surface area contributed by atoms with Crippen LogP contribution in [0.15, 0.2) is 35.4 Å². The topological polar surface area (TPSA) is 84.3 Å². The Labute approximate surface area is 133 Å². The summed E-state index contributed by atoms with van der Waals surface area (Å²) in [5.74, 6) is -4.97. The Morgan fingerprint density at radius 3 is 2.43 bits per heavy atom. The highest BCUT2D eigenvalue weighted by atomic mass is 19.3. The van der Waals surface area contributed by atoms with Crippen molar-refractivity contribution >= 4 is 5.97 Å². The van der Waals surface area contributed by atoms with Crippen LogP contribution in [0.1, 0.15) is 26.3 Å². The van der Waals surface area contributed by atoms with Crippen LogP contribution in [0, 0.1) is 0 Å². The van der Waals surface area contributed by atoms with Gasteiger partial charge in [0.2, 0.25) is 6.04 Å². The molecule has 0 unspecified atom stereocenters. The fraction of sp³-hybridized carbons (Fsp3) is 0.533. The molecule has 0 fully saturated rings. The molecule has 0 aliphatic heterocycles. The van der Waals surface area contributed by atoms with Crippen LogP contribution in [0.2, 0.25) is 0 Å². The maximum absolute atomic E-state index is 14.1. The van der Waals surface area contributed by atoms with E-state index in [2.05, 4.69) is 10.0 Å². The van der Waals surface area contributed by atoms with Crippen molar-refractivity contribution in [2.45, 2.75) is 44.9 Å². The summed E-state index contributed by atoms with van der Waals surface area (Å²) in [4.78, 5) is 14.1. The quantitative estimate of drug-likeness (QED) is 0.330. The molecular weight excluding hydrogens is 308 g/mol. The molecule has 8 heteroatoms. The normalized spacial score (nSPS) is 13.1. The average molecular weight is 327 g/mol. The van der Waals surface area contributed by atoms with Crippen LogP contribution in [0.5, 0.6) is 0 Å². The number of carbonyl (C=O) groups excluding carboxylic acids is 1. The number of carbonyl (C=O) groups is 1. The molecule has 0 heterocycles. The lowest BCUT2D eigenvalue weighted by Gasteiger charge is -2.26. The third-order valence-electron chi connectivity index (χ3n) is 2.60. The number of rotatable bonds is 7. The van der Waals surface area contributed by atoms with Crippen LogP contribution in [-0.4, -0.2) is 30.1 Å². The maximum Gasteiger partial charge on any atom is 0.321 e. The predicted molar refractivity (Wildman–Crippen MR) is 79.8 cm³/mol. The summed E-state index contributed by atoms with van der Waals surface area (Å²) in [6, 6.07) is 6.45. The van der Waals surface area contributed by atoms with E-state index in [-0.39, 0.29) is 6.61 Å². The van der Waals surface area contributed by atoms with Crippen molar-refractivity contribution in [2.75, 3.05) is 6.61 Å². The third kappa shape index (κ3) is 6.63. The Kier molecular flexibility index (Phi) is 6.48. The summed E-state index contributed by atoms with van der Waals surface area (Å²) in [5, 5.41) is 2.88. The molecule has 0 radical (unpaired) electrons. The lowest BCUT2D eigenvalue weighted by atomic mass is 10.1. The zero-order chi connectivity index (χ0) is 17.5. The first-order valence-electron chi connectivity index (χ1n) is 6.92. The first-order chi connectivity index (χ1) is 10.7. The fourth-order valence-corrected chi connectivity index (χ4v) is 1.67. The number of esters is 1. The minimum atomic E-state index is -3.68. The van der Waals surface area contributed by atoms with E-state index in [1.165, 1.54) is 20.8 Å². The standard InChI is InChI=1S/C15H19F2N3O3/c1-14(2,3)23-13(21)12(19-20-18)15(16,17)10-22-9-11-7-5-4-6-8-11/h4-8,12H,9-10H2,1-3H3/t12-/m1/s1. The van der Waals surface area contributed by atoms with Crippen molar-refractivity contribution in [3.63, 3.8) is 0 Å². The zero-order valence-electron chi connectivity index (χ0n) is 13.2. The second-order valence-corrected chi connectivity index (χ2v) is 5.88. The first kappa shape index (κ1) is 18.9. The van der Waals surface area contributed by atoms with Gasteiger partial charge in [-0.1, -0.05) is 35.4 Å². The van der Waals surface area contributed by atoms with E-state index in [1.807, 2.05) is 0 Å². The van der Waals surface area contributed by atoms with E-state index in [1.54, 1.807) is 30.3 Å². The molecule has 0 aromatic heterocycles. The molecule has 1 atom stereocenters. The molecule has 0 aliphatic carbocycles. The summed E-state index contributed by atoms with van der Waals surface area (Å²) >= 11 is 0. The van der Waals surface area contributed by atoms with Crippen molar-refractivity contribution in [1.82, 2.24) is 0 Å². The number of ether oxygens (including phenoxy) is 2. The van der Waals surface area contributed by atoms with Crippen LogP contribution in [0.4, 0.5) is 8.78 Å². The Bertz CT molecular complexity index is 567. The summed E-state index contributed by atoms with van der Waals surface area (Å²) in [6.45, 7) is 3.48. The summed E-state index contributed by atoms with van der Waals surface area (Å²) < 4.78 is 38.0. The van der Waals surface area contributed by atoms with Crippen LogP contribution >= 0.6 is 0 Å². The molecule has 0 spiro atoms. The van der Waals surface area contributed by atoms with Gasteiger partial charge in [0.25, 0.3) is 5.92 Å². The second kappa shape index (κ2) is 7.89. The Balaban J connectivity index is 2.71. The molecule has 1 aromatic rings. The molecule has 126 valence electrons. The van der Waals surface area contributed by atoms with Gasteiger partial charge in [0.15, 0.2) is 0 Å². The molecule has 0 amide bonds. The molecule has 1 aromatic carbocycles. The van der Waals surface area contributed by atoms with Gasteiger partial charge in [-0.3, -0.25) is 4.79 Å². The molecular formula is C15H19F2N3O3. The number of halogens is 2. The number of hydrogen-bond donors (Lipinski definition) is 0. The summed E-state index contributed by atoms with van der Waals surface area (Å²) in [6.07, 6.45) is 0. The number of benzene rings is 1. The highest BCUT2D eigenvalue weighted by Crippen LogP contribution is 2.25. The highest BCUT2D eigenvalue weighted by molar-refractivity contribution is 5.77. The molecule has 6 nitrogen and oxygen atoms in total. The monoisotopic (exact) mass is 327 g/mol. The maximum atomic E-state index is 14.1. The van der Waals surface area contributed by atoms with Crippen LogP contribution in [-0.2, 0) is 20.9 Å². The molecule has 0 aliphatic rings. The van der Waals surface area contributed by atoms with Gasteiger partial charge in [0.05, 0.1) is 6.61 Å². The summed E-state index contributed by atoms with van der Waals surface area (Å²) in [7, 11) is 0. The van der Waals surface area contributed by atoms with Gasteiger partial charge in [-0.25, -0.2) is 8.78 Å². The lowest BCUT2D eigenvalue weighted by molar-refractivity contribution is -0.171. The van der Waals surface area contributed by atoms with E-state index >= 15 is 0 Å². The second-order valence-electron chi connectivity index (χ2n) is 5.88. The Hall–Kier alpha value is -2.18. The first-order valence-corrected chi connectivity index (χ1v) is 6.92. The van der Waals surface area contributed by atoms with Crippen molar-refractivity contribution in [3.8, 4) is 0 Å². The number of azide groups is 1. The minimum absolute atomic E-state index is 0.0479. The van der Waals surface area contributed by atoms with Crippen molar-refractivity contribution in [2.24, 2.45) is 5.11 Å². The molecule has 0 saturated carbocycles. The Morgan fingerprint density at radius 1 is 1.30 bits per heavy atom. The van der Waals surface area contributed by atoms with E-state index < -0.39 is 30.1 Å². The van der Waals surface area contributed by atoms with Crippen LogP contribution < -0.4 is 0 Å². The average Bonchev–Trinajstić information content (AvgIpc) is 2.43. The molecule has 0 N–H and O–H groups in total. The highest BCUT2D eigenvalue weighted by Gasteiger charge is 2.46. The summed E-state index contributed by atoms with van der Waals surface area (Å²) in [5.41, 5.74) is 8.17. The molecule has 0 bridgehead atoms. The fourth-order valence-electron chi connectivity index (χ4n) is 1.67. The number of alkyl halides is 2. The van der Waals surface area contributed by atoms with E-state index in [0.717, 1.165) is 0 Å². The van der Waals surface area contributed by atoms with Crippen molar-refractivity contribution < 1.29 is 23.0 Å². The van der Waals surface area contributed by atoms with Gasteiger partial charge >= 0.3 is 5.97 Å². The molecule has 0 saturated heterocycles. The largest absolute Gasteiger partial charge is 0.459 e. The van der Waals surface area contributed by atoms with E-state index in [0.29, 0.717) is 5.56 Å². The van der Waals surface area contributed by atoms with Gasteiger partial charge in [-0.05, 0) is 31.9 Å². The van der Waals surface area contributed by atoms with Crippen LogP contribution in [0.25, 0.3) is 10.4 Å². The predicted octanol–water partition coefficient (Wildman–Crippen LogP) is 3.86. The van der Waals surface area contributed by atoms with Gasteiger partial charge in [-0.2, -0.15) is 0 Å². The third-order valence-corrected chi connectivity index (χ3v) is 2.60.